The van der Waals surface area contributed by atoms with Crippen LogP contribution in [0.1, 0.15) is 0 Å². The van der Waals surface area contributed by atoms with E-state index in [1.54, 1.807) is 0 Å². The average Bonchev–Trinajstić information content (AvgIpc) is 2.95. The molecule has 0 saturated carbocycles. The van der Waals surface area contributed by atoms with Crippen molar-refractivity contribution < 1.29 is 0 Å². The molecule has 4 aromatic rings. The number of fused-ring (bicyclic) bond motifs is 1. The third-order valence-electron chi connectivity index (χ3n) is 3.69. The van der Waals surface area contributed by atoms with Crippen LogP contribution in [-0.2, 0) is 0 Å². The molecule has 22 heavy (non-hydrogen) atoms. The van der Waals surface area contributed by atoms with Crippen molar-refractivity contribution in [2.45, 2.75) is 0 Å². The van der Waals surface area contributed by atoms with Gasteiger partial charge in [-0.05, 0) is 24.3 Å². The van der Waals surface area contributed by atoms with Crippen LogP contribution in [0.3, 0.4) is 0 Å². The zero-order valence-electron chi connectivity index (χ0n) is 11.8. The molecule has 1 aromatic heterocycles. The third-order valence-corrected chi connectivity index (χ3v) is 4.01. The largest absolute Gasteiger partial charge is 0.291 e. The van der Waals surface area contributed by atoms with E-state index in [-0.39, 0.29) is 0 Å². The van der Waals surface area contributed by atoms with Gasteiger partial charge < -0.3 is 0 Å². The molecule has 0 fully saturated rings. The predicted octanol–water partition coefficient (Wildman–Crippen LogP) is 5.35. The van der Waals surface area contributed by atoms with E-state index in [1.807, 2.05) is 60.7 Å². The molecule has 1 heterocycles. The van der Waals surface area contributed by atoms with E-state index in [0.29, 0.717) is 5.02 Å². The molecular formula is C19H13ClN2. The number of hydrogen-bond acceptors (Lipinski definition) is 1. The molecule has 0 aliphatic rings. The van der Waals surface area contributed by atoms with Crippen molar-refractivity contribution in [2.24, 2.45) is 0 Å². The van der Waals surface area contributed by atoms with Crippen molar-refractivity contribution in [1.82, 2.24) is 9.55 Å². The van der Waals surface area contributed by atoms with Gasteiger partial charge in [0.2, 0.25) is 0 Å². The van der Waals surface area contributed by atoms with Gasteiger partial charge in [-0.2, -0.15) is 0 Å². The Morgan fingerprint density at radius 1 is 0.727 bits per heavy atom. The smallest absolute Gasteiger partial charge is 0.145 e. The van der Waals surface area contributed by atoms with Crippen LogP contribution in [0.15, 0.2) is 78.9 Å². The first-order valence-electron chi connectivity index (χ1n) is 7.12. The van der Waals surface area contributed by atoms with Crippen LogP contribution in [-0.4, -0.2) is 9.55 Å². The van der Waals surface area contributed by atoms with Crippen LogP contribution >= 0.6 is 11.6 Å². The minimum atomic E-state index is 0.711. The molecule has 0 amide bonds. The Morgan fingerprint density at radius 2 is 1.41 bits per heavy atom. The Labute approximate surface area is 133 Å². The summed E-state index contributed by atoms with van der Waals surface area (Å²) >= 11 is 6.43. The molecule has 106 valence electrons. The second kappa shape index (κ2) is 5.32. The molecule has 0 atom stereocenters. The summed E-state index contributed by atoms with van der Waals surface area (Å²) in [5, 5.41) is 0.711. The monoisotopic (exact) mass is 304 g/mol. The second-order valence-corrected chi connectivity index (χ2v) is 5.48. The Hall–Kier alpha value is -2.58. The summed E-state index contributed by atoms with van der Waals surface area (Å²) in [5.74, 6) is 0.898. The number of imidazole rings is 1. The highest BCUT2D eigenvalue weighted by atomic mass is 35.5. The van der Waals surface area contributed by atoms with Gasteiger partial charge >= 0.3 is 0 Å². The highest BCUT2D eigenvalue weighted by molar-refractivity contribution is 6.32. The lowest BCUT2D eigenvalue weighted by atomic mass is 10.2. The molecule has 3 heteroatoms. The molecule has 0 radical (unpaired) electrons. The first kappa shape index (κ1) is 13.1. The molecule has 3 aromatic carbocycles. The van der Waals surface area contributed by atoms with Crippen LogP contribution in [0, 0.1) is 0 Å². The fraction of sp³-hybridized carbons (Fsp3) is 0. The summed E-state index contributed by atoms with van der Waals surface area (Å²) in [6.45, 7) is 0. The highest BCUT2D eigenvalue weighted by Gasteiger charge is 2.15. The number of benzene rings is 3. The van der Waals surface area contributed by atoms with E-state index in [9.17, 15) is 0 Å². The van der Waals surface area contributed by atoms with Gasteiger partial charge in [0.1, 0.15) is 5.82 Å². The van der Waals surface area contributed by atoms with E-state index in [0.717, 1.165) is 28.1 Å². The summed E-state index contributed by atoms with van der Waals surface area (Å²) < 4.78 is 2.12. The summed E-state index contributed by atoms with van der Waals surface area (Å²) in [4.78, 5) is 4.80. The van der Waals surface area contributed by atoms with Crippen LogP contribution in [0.25, 0.3) is 28.1 Å². The molecule has 2 nitrogen and oxygen atoms in total. The number of halogens is 1. The van der Waals surface area contributed by atoms with E-state index < -0.39 is 0 Å². The van der Waals surface area contributed by atoms with Crippen LogP contribution in [0.5, 0.6) is 0 Å². The molecular weight excluding hydrogens is 292 g/mol. The fourth-order valence-corrected chi connectivity index (χ4v) is 2.90. The highest BCUT2D eigenvalue weighted by Crippen LogP contribution is 2.31. The van der Waals surface area contributed by atoms with Crippen molar-refractivity contribution in [2.75, 3.05) is 0 Å². The maximum Gasteiger partial charge on any atom is 0.145 e. The van der Waals surface area contributed by atoms with Crippen LogP contribution in [0.4, 0.5) is 0 Å². The third kappa shape index (κ3) is 2.09. The van der Waals surface area contributed by atoms with Crippen molar-refractivity contribution in [3.8, 4) is 17.1 Å². The molecule has 0 unspecified atom stereocenters. The zero-order chi connectivity index (χ0) is 14.9. The van der Waals surface area contributed by atoms with Gasteiger partial charge in [0, 0.05) is 5.56 Å². The van der Waals surface area contributed by atoms with Gasteiger partial charge in [-0.1, -0.05) is 66.2 Å². The van der Waals surface area contributed by atoms with Crippen molar-refractivity contribution in [3.05, 3.63) is 83.9 Å². The topological polar surface area (TPSA) is 17.8 Å². The van der Waals surface area contributed by atoms with Gasteiger partial charge in [-0.15, -0.1) is 0 Å². The fourth-order valence-electron chi connectivity index (χ4n) is 2.68. The van der Waals surface area contributed by atoms with E-state index in [2.05, 4.69) is 22.8 Å². The first-order chi connectivity index (χ1) is 10.8. The number of hydrogen-bond donors (Lipinski definition) is 0. The molecule has 0 bridgehead atoms. The van der Waals surface area contributed by atoms with Gasteiger partial charge in [-0.3, -0.25) is 4.57 Å². The Balaban J connectivity index is 2.10. The number of aromatic nitrogens is 2. The normalized spacial score (nSPS) is 11.0. The Kier molecular flexibility index (Phi) is 3.17. The first-order valence-corrected chi connectivity index (χ1v) is 7.50. The lowest BCUT2D eigenvalue weighted by Crippen LogP contribution is -1.98. The summed E-state index contributed by atoms with van der Waals surface area (Å²) in [5.41, 5.74) is 4.02. The second-order valence-electron chi connectivity index (χ2n) is 5.08. The average molecular weight is 305 g/mol. The molecule has 0 spiro atoms. The van der Waals surface area contributed by atoms with Crippen LogP contribution in [0.2, 0.25) is 5.02 Å². The van der Waals surface area contributed by atoms with Gasteiger partial charge in [0.25, 0.3) is 0 Å². The van der Waals surface area contributed by atoms with Gasteiger partial charge in [0.15, 0.2) is 0 Å². The van der Waals surface area contributed by atoms with Gasteiger partial charge in [-0.25, -0.2) is 4.98 Å². The Bertz CT molecular complexity index is 942. The van der Waals surface area contributed by atoms with Crippen molar-refractivity contribution in [1.29, 1.82) is 0 Å². The lowest BCUT2D eigenvalue weighted by molar-refractivity contribution is 1.10. The summed E-state index contributed by atoms with van der Waals surface area (Å²) in [7, 11) is 0. The maximum absolute atomic E-state index is 6.43. The molecule has 0 aliphatic carbocycles. The minimum Gasteiger partial charge on any atom is -0.291 e. The minimum absolute atomic E-state index is 0.711. The quantitative estimate of drug-likeness (QED) is 0.488. The number of rotatable bonds is 2. The summed E-state index contributed by atoms with van der Waals surface area (Å²) in [6.07, 6.45) is 0. The van der Waals surface area contributed by atoms with E-state index in [1.165, 1.54) is 0 Å². The maximum atomic E-state index is 6.43. The van der Waals surface area contributed by atoms with Gasteiger partial charge in [0.05, 0.1) is 21.7 Å². The van der Waals surface area contributed by atoms with Crippen LogP contribution < -0.4 is 0 Å². The van der Waals surface area contributed by atoms with E-state index in [4.69, 9.17) is 16.6 Å². The lowest BCUT2D eigenvalue weighted by Gasteiger charge is -2.11. The number of para-hydroxylation sites is 3. The van der Waals surface area contributed by atoms with E-state index >= 15 is 0 Å². The summed E-state index contributed by atoms with van der Waals surface area (Å²) in [6, 6.07) is 26.1. The Morgan fingerprint density at radius 3 is 2.23 bits per heavy atom. The molecule has 0 aliphatic heterocycles. The number of nitrogens with zero attached hydrogens (tertiary/aromatic N) is 2. The van der Waals surface area contributed by atoms with Crippen molar-refractivity contribution >= 4 is 22.6 Å². The molecule has 0 saturated heterocycles. The SMILES string of the molecule is Clc1ccccc1-n1c(-c2ccccc2)nc2ccccc21. The van der Waals surface area contributed by atoms with Crippen molar-refractivity contribution in [3.63, 3.8) is 0 Å². The standard InChI is InChI=1S/C19H13ClN2/c20-15-10-4-6-12-17(15)22-18-13-7-5-11-16(18)21-19(22)14-8-2-1-3-9-14/h1-13H. The molecule has 0 N–H and O–H groups in total. The molecule has 4 rings (SSSR count). The predicted molar refractivity (Wildman–Crippen MR) is 91.5 cm³/mol. The zero-order valence-corrected chi connectivity index (χ0v) is 12.5.